The van der Waals surface area contributed by atoms with Crippen molar-refractivity contribution in [3.05, 3.63) is 237 Å². The number of anilines is 3. The first-order chi connectivity index (χ1) is 29.7. The zero-order chi connectivity index (χ0) is 39.8. The maximum absolute atomic E-state index is 6.63. The van der Waals surface area contributed by atoms with E-state index in [0.717, 1.165) is 61.3 Å². The number of hydrogen-bond acceptors (Lipinski definition) is 2. The average Bonchev–Trinajstić information content (AvgIpc) is 3.72. The summed E-state index contributed by atoms with van der Waals surface area (Å²) in [5, 5.41) is 4.70. The zero-order valence-electron chi connectivity index (χ0n) is 32.9. The number of para-hydroxylation sites is 3. The zero-order valence-corrected chi connectivity index (χ0v) is 32.9. The summed E-state index contributed by atoms with van der Waals surface area (Å²) in [5.74, 6) is 0. The molecule has 2 heteroatoms. The molecule has 0 saturated carbocycles. The van der Waals surface area contributed by atoms with E-state index in [1.165, 1.54) is 44.2 Å². The average molecular weight is 766 g/mol. The van der Waals surface area contributed by atoms with Gasteiger partial charge in [-0.15, -0.1) is 0 Å². The molecule has 11 rings (SSSR count). The minimum atomic E-state index is 0.887. The number of nitrogens with zero attached hydrogens (tertiary/aromatic N) is 1. The van der Waals surface area contributed by atoms with Crippen LogP contribution < -0.4 is 4.90 Å². The second-order valence-corrected chi connectivity index (χ2v) is 15.3. The molecule has 0 radical (unpaired) electrons. The monoisotopic (exact) mass is 765 g/mol. The molecule has 0 aliphatic rings. The summed E-state index contributed by atoms with van der Waals surface area (Å²) in [5.41, 5.74) is 16.6. The highest BCUT2D eigenvalue weighted by Gasteiger charge is 2.21. The standard InChI is InChI=1S/C58H39NO/c1-2-14-40(15-3-1)42-28-30-43(31-29-42)44-34-36-48(37-35-44)59(56-26-10-8-22-52(56)54-24-13-25-55-53-23-9-11-27-57(53)60-58(54)55)49-19-12-18-46(39-49)50-20-6-7-21-51(50)47-33-32-41-16-4-5-17-45(41)38-47/h1-39H. The van der Waals surface area contributed by atoms with Crippen molar-refractivity contribution in [3.63, 3.8) is 0 Å². The molecule has 2 nitrogen and oxygen atoms in total. The molecule has 1 aromatic heterocycles. The second-order valence-electron chi connectivity index (χ2n) is 15.3. The molecule has 0 unspecified atom stereocenters. The van der Waals surface area contributed by atoms with Gasteiger partial charge in [0.25, 0.3) is 0 Å². The van der Waals surface area contributed by atoms with Crippen molar-refractivity contribution >= 4 is 49.8 Å². The highest BCUT2D eigenvalue weighted by Crippen LogP contribution is 2.46. The van der Waals surface area contributed by atoms with Crippen molar-refractivity contribution in [1.29, 1.82) is 0 Å². The largest absolute Gasteiger partial charge is 0.455 e. The van der Waals surface area contributed by atoms with Crippen molar-refractivity contribution in [2.75, 3.05) is 4.90 Å². The topological polar surface area (TPSA) is 16.4 Å². The fourth-order valence-corrected chi connectivity index (χ4v) is 8.73. The minimum absolute atomic E-state index is 0.887. The second kappa shape index (κ2) is 15.1. The van der Waals surface area contributed by atoms with Crippen molar-refractivity contribution in [2.45, 2.75) is 0 Å². The Morgan fingerprint density at radius 1 is 0.283 bits per heavy atom. The summed E-state index contributed by atoms with van der Waals surface area (Å²) in [6, 6.07) is 84.9. The predicted octanol–water partition coefficient (Wildman–Crippen LogP) is 16.5. The Morgan fingerprint density at radius 3 is 1.57 bits per heavy atom. The predicted molar refractivity (Wildman–Crippen MR) is 253 cm³/mol. The van der Waals surface area contributed by atoms with E-state index in [1.54, 1.807) is 0 Å². The van der Waals surface area contributed by atoms with Gasteiger partial charge < -0.3 is 9.32 Å². The summed E-state index contributed by atoms with van der Waals surface area (Å²) >= 11 is 0. The molecule has 0 amide bonds. The van der Waals surface area contributed by atoms with Gasteiger partial charge in [0.05, 0.1) is 5.69 Å². The first-order valence-corrected chi connectivity index (χ1v) is 20.5. The molecule has 1 heterocycles. The van der Waals surface area contributed by atoms with Crippen LogP contribution in [0.1, 0.15) is 0 Å². The quantitative estimate of drug-likeness (QED) is 0.153. The van der Waals surface area contributed by atoms with Gasteiger partial charge in [-0.2, -0.15) is 0 Å². The van der Waals surface area contributed by atoms with E-state index in [-0.39, 0.29) is 0 Å². The molecule has 11 aromatic rings. The van der Waals surface area contributed by atoms with Gasteiger partial charge in [0.2, 0.25) is 0 Å². The maximum atomic E-state index is 6.63. The molecule has 0 aliphatic carbocycles. The van der Waals surface area contributed by atoms with Gasteiger partial charge in [0.15, 0.2) is 0 Å². The van der Waals surface area contributed by atoms with E-state index < -0.39 is 0 Å². The smallest absolute Gasteiger partial charge is 0.143 e. The van der Waals surface area contributed by atoms with E-state index in [4.69, 9.17) is 4.42 Å². The van der Waals surface area contributed by atoms with E-state index in [9.17, 15) is 0 Å². The molecule has 282 valence electrons. The molecule has 10 aromatic carbocycles. The lowest BCUT2D eigenvalue weighted by Crippen LogP contribution is -2.11. The number of fused-ring (bicyclic) bond motifs is 4. The number of hydrogen-bond donors (Lipinski definition) is 0. The fraction of sp³-hybridized carbons (Fsp3) is 0. The lowest BCUT2D eigenvalue weighted by Gasteiger charge is -2.28. The van der Waals surface area contributed by atoms with Gasteiger partial charge in [-0.05, 0) is 97.7 Å². The van der Waals surface area contributed by atoms with Crippen molar-refractivity contribution in [2.24, 2.45) is 0 Å². The number of furan rings is 1. The third-order valence-corrected chi connectivity index (χ3v) is 11.7. The number of benzene rings is 10. The molecule has 0 fully saturated rings. The van der Waals surface area contributed by atoms with Crippen LogP contribution in [0.15, 0.2) is 241 Å². The van der Waals surface area contributed by atoms with Crippen LogP contribution in [0.3, 0.4) is 0 Å². The van der Waals surface area contributed by atoms with Crippen LogP contribution in [0.25, 0.3) is 88.3 Å². The van der Waals surface area contributed by atoms with Crippen LogP contribution >= 0.6 is 0 Å². The van der Waals surface area contributed by atoms with Crippen LogP contribution in [0.4, 0.5) is 17.1 Å². The Kier molecular flexibility index (Phi) is 8.87. The minimum Gasteiger partial charge on any atom is -0.455 e. The van der Waals surface area contributed by atoms with Gasteiger partial charge in [0.1, 0.15) is 11.2 Å². The lowest BCUT2D eigenvalue weighted by atomic mass is 9.93. The molecule has 0 N–H and O–H groups in total. The van der Waals surface area contributed by atoms with Crippen LogP contribution in [0, 0.1) is 0 Å². The molecule has 0 saturated heterocycles. The Morgan fingerprint density at radius 2 is 0.800 bits per heavy atom. The Balaban J connectivity index is 1.05. The molecular formula is C58H39NO. The molecule has 0 spiro atoms. The highest BCUT2D eigenvalue weighted by atomic mass is 16.3. The molecule has 0 aliphatic heterocycles. The third-order valence-electron chi connectivity index (χ3n) is 11.7. The van der Waals surface area contributed by atoms with Gasteiger partial charge in [-0.25, -0.2) is 0 Å². The van der Waals surface area contributed by atoms with Gasteiger partial charge in [-0.1, -0.05) is 194 Å². The normalized spacial score (nSPS) is 11.3. The Bertz CT molecular complexity index is 3310. The van der Waals surface area contributed by atoms with Crippen molar-refractivity contribution in [1.82, 2.24) is 0 Å². The van der Waals surface area contributed by atoms with Gasteiger partial charge in [-0.3, -0.25) is 0 Å². The summed E-state index contributed by atoms with van der Waals surface area (Å²) in [6.07, 6.45) is 0. The third kappa shape index (κ3) is 6.41. The van der Waals surface area contributed by atoms with E-state index in [1.807, 2.05) is 6.07 Å². The molecule has 60 heavy (non-hydrogen) atoms. The Hall–Kier alpha value is -7.94. The molecule has 0 bridgehead atoms. The summed E-state index contributed by atoms with van der Waals surface area (Å²) in [4.78, 5) is 2.39. The van der Waals surface area contributed by atoms with Crippen LogP contribution in [0.5, 0.6) is 0 Å². The van der Waals surface area contributed by atoms with Gasteiger partial charge >= 0.3 is 0 Å². The summed E-state index contributed by atoms with van der Waals surface area (Å²) in [7, 11) is 0. The first-order valence-electron chi connectivity index (χ1n) is 20.5. The molecular weight excluding hydrogens is 727 g/mol. The fourth-order valence-electron chi connectivity index (χ4n) is 8.73. The van der Waals surface area contributed by atoms with Crippen LogP contribution in [-0.2, 0) is 0 Å². The van der Waals surface area contributed by atoms with E-state index >= 15 is 0 Å². The van der Waals surface area contributed by atoms with Crippen molar-refractivity contribution < 1.29 is 4.42 Å². The SMILES string of the molecule is c1ccc(-c2ccc(-c3ccc(N(c4cccc(-c5ccccc5-c5ccc6ccccc6c5)c4)c4ccccc4-c4cccc5c4oc4ccccc45)cc3)cc2)cc1. The summed E-state index contributed by atoms with van der Waals surface area (Å²) < 4.78 is 6.63. The maximum Gasteiger partial charge on any atom is 0.143 e. The van der Waals surface area contributed by atoms with Crippen LogP contribution in [0.2, 0.25) is 0 Å². The Labute approximate surface area is 349 Å². The van der Waals surface area contributed by atoms with Crippen LogP contribution in [-0.4, -0.2) is 0 Å². The van der Waals surface area contributed by atoms with E-state index in [2.05, 4.69) is 235 Å². The van der Waals surface area contributed by atoms with Crippen molar-refractivity contribution in [3.8, 4) is 55.6 Å². The highest BCUT2D eigenvalue weighted by molar-refractivity contribution is 6.11. The summed E-state index contributed by atoms with van der Waals surface area (Å²) in [6.45, 7) is 0. The van der Waals surface area contributed by atoms with E-state index in [0.29, 0.717) is 0 Å². The molecule has 0 atom stereocenters. The number of rotatable bonds is 8. The lowest BCUT2D eigenvalue weighted by molar-refractivity contribution is 0.670. The first kappa shape index (κ1) is 35.2. The van der Waals surface area contributed by atoms with Gasteiger partial charge in [0, 0.05) is 33.3 Å².